The highest BCUT2D eigenvalue weighted by atomic mass is 16.5. The zero-order valence-electron chi connectivity index (χ0n) is 12.1. The summed E-state index contributed by atoms with van der Waals surface area (Å²) in [6.45, 7) is 2.61. The van der Waals surface area contributed by atoms with Crippen LogP contribution in [0.3, 0.4) is 0 Å². The minimum atomic E-state index is -0.443. The number of carbonyl (C=O) groups is 1. The molecule has 5 heteroatoms. The number of fused-ring (bicyclic) bond motifs is 1. The second kappa shape index (κ2) is 5.60. The van der Waals surface area contributed by atoms with Crippen LogP contribution >= 0.6 is 0 Å². The van der Waals surface area contributed by atoms with E-state index in [0.29, 0.717) is 12.2 Å². The number of hydrogen-bond acceptors (Lipinski definition) is 4. The molecule has 1 aromatic carbocycles. The van der Waals surface area contributed by atoms with Crippen molar-refractivity contribution in [3.05, 3.63) is 47.3 Å². The molecule has 2 aromatic rings. The summed E-state index contributed by atoms with van der Waals surface area (Å²) in [5.74, 6) is -0.443. The van der Waals surface area contributed by atoms with E-state index in [-0.39, 0.29) is 11.8 Å². The van der Waals surface area contributed by atoms with E-state index in [1.807, 2.05) is 25.1 Å². The van der Waals surface area contributed by atoms with Gasteiger partial charge in [-0.3, -0.25) is 4.68 Å². The van der Waals surface area contributed by atoms with Gasteiger partial charge >= 0.3 is 5.97 Å². The van der Waals surface area contributed by atoms with Gasteiger partial charge in [0.15, 0.2) is 5.69 Å². The molecule has 1 aromatic heterocycles. The molecule has 0 bridgehead atoms. The minimum Gasteiger partial charge on any atom is -0.453 e. The Labute approximate surface area is 123 Å². The molecule has 2 N–H and O–H groups in total. The van der Waals surface area contributed by atoms with Crippen molar-refractivity contribution >= 4 is 11.7 Å². The second-order valence-electron chi connectivity index (χ2n) is 5.27. The first-order chi connectivity index (χ1) is 10.2. The second-order valence-corrected chi connectivity index (χ2v) is 5.27. The highest BCUT2D eigenvalue weighted by Crippen LogP contribution is 2.33. The standard InChI is InChI=1S/C16H19N3O2/c1-2-19-10-13(17)15(18-19)16(20)21-14-9-5-7-11-6-3-4-8-12(11)14/h3-4,6,8,10,14H,2,5,7,9,17H2,1H3. The topological polar surface area (TPSA) is 70.1 Å². The number of nitrogen functional groups attached to an aromatic ring is 1. The number of carbonyl (C=O) groups excluding carboxylic acids is 1. The van der Waals surface area contributed by atoms with Crippen LogP contribution in [0.2, 0.25) is 0 Å². The molecular formula is C16H19N3O2. The van der Waals surface area contributed by atoms with Crippen molar-refractivity contribution in [3.63, 3.8) is 0 Å². The minimum absolute atomic E-state index is 0.200. The van der Waals surface area contributed by atoms with Crippen molar-refractivity contribution in [2.75, 3.05) is 5.73 Å². The third kappa shape index (κ3) is 2.63. The van der Waals surface area contributed by atoms with Gasteiger partial charge in [0.2, 0.25) is 0 Å². The molecule has 1 aliphatic carbocycles. The molecule has 0 saturated carbocycles. The highest BCUT2D eigenvalue weighted by Gasteiger charge is 2.26. The van der Waals surface area contributed by atoms with E-state index in [2.05, 4.69) is 11.2 Å². The van der Waals surface area contributed by atoms with Crippen molar-refractivity contribution in [1.29, 1.82) is 0 Å². The number of benzene rings is 1. The van der Waals surface area contributed by atoms with Gasteiger partial charge in [0.1, 0.15) is 6.10 Å². The van der Waals surface area contributed by atoms with Crippen molar-refractivity contribution in [2.45, 2.75) is 38.8 Å². The summed E-state index contributed by atoms with van der Waals surface area (Å²) >= 11 is 0. The van der Waals surface area contributed by atoms with Crippen molar-refractivity contribution in [1.82, 2.24) is 9.78 Å². The van der Waals surface area contributed by atoms with Gasteiger partial charge in [0.05, 0.1) is 5.69 Å². The van der Waals surface area contributed by atoms with Crippen LogP contribution in [0, 0.1) is 0 Å². The van der Waals surface area contributed by atoms with E-state index in [1.165, 1.54) is 5.56 Å². The third-order valence-corrected chi connectivity index (χ3v) is 3.87. The zero-order valence-corrected chi connectivity index (χ0v) is 12.1. The molecule has 110 valence electrons. The van der Waals surface area contributed by atoms with Crippen molar-refractivity contribution < 1.29 is 9.53 Å². The fourth-order valence-electron chi connectivity index (χ4n) is 2.77. The monoisotopic (exact) mass is 285 g/mol. The number of esters is 1. The fraction of sp³-hybridized carbons (Fsp3) is 0.375. The van der Waals surface area contributed by atoms with Crippen LogP contribution in [0.25, 0.3) is 0 Å². The zero-order chi connectivity index (χ0) is 14.8. The van der Waals surface area contributed by atoms with E-state index in [4.69, 9.17) is 10.5 Å². The van der Waals surface area contributed by atoms with Crippen LogP contribution in [0.4, 0.5) is 5.69 Å². The van der Waals surface area contributed by atoms with Crippen LogP contribution in [-0.2, 0) is 17.7 Å². The predicted octanol–water partition coefficient (Wildman–Crippen LogP) is 2.72. The summed E-state index contributed by atoms with van der Waals surface area (Å²) in [5.41, 5.74) is 8.77. The fourth-order valence-corrected chi connectivity index (χ4v) is 2.77. The van der Waals surface area contributed by atoms with E-state index in [0.717, 1.165) is 24.8 Å². The van der Waals surface area contributed by atoms with E-state index in [1.54, 1.807) is 10.9 Å². The van der Waals surface area contributed by atoms with Crippen LogP contribution < -0.4 is 5.73 Å². The first-order valence-electron chi connectivity index (χ1n) is 7.30. The van der Waals surface area contributed by atoms with Crippen LogP contribution in [0.5, 0.6) is 0 Å². The van der Waals surface area contributed by atoms with Gasteiger partial charge in [-0.1, -0.05) is 24.3 Å². The van der Waals surface area contributed by atoms with Crippen molar-refractivity contribution in [3.8, 4) is 0 Å². The molecule has 3 rings (SSSR count). The molecule has 1 heterocycles. The average Bonchev–Trinajstić information content (AvgIpc) is 2.89. The molecular weight excluding hydrogens is 266 g/mol. The summed E-state index contributed by atoms with van der Waals surface area (Å²) in [6.07, 6.45) is 4.36. The normalized spacial score (nSPS) is 17.3. The Kier molecular flexibility index (Phi) is 3.64. The van der Waals surface area contributed by atoms with Crippen LogP contribution in [0.15, 0.2) is 30.5 Å². The SMILES string of the molecule is CCn1cc(N)c(C(=O)OC2CCCc3ccccc32)n1. The third-order valence-electron chi connectivity index (χ3n) is 3.87. The molecule has 21 heavy (non-hydrogen) atoms. The van der Waals surface area contributed by atoms with Gasteiger partial charge in [-0.2, -0.15) is 5.10 Å². The maximum atomic E-state index is 12.3. The van der Waals surface area contributed by atoms with Crippen LogP contribution in [-0.4, -0.2) is 15.7 Å². The summed E-state index contributed by atoms with van der Waals surface area (Å²) < 4.78 is 7.29. The molecule has 5 nitrogen and oxygen atoms in total. The van der Waals surface area contributed by atoms with Gasteiger partial charge in [-0.05, 0) is 37.3 Å². The van der Waals surface area contributed by atoms with E-state index >= 15 is 0 Å². The Morgan fingerprint density at radius 3 is 3.05 bits per heavy atom. The molecule has 0 fully saturated rings. The Hall–Kier alpha value is -2.30. The average molecular weight is 285 g/mol. The lowest BCUT2D eigenvalue weighted by atomic mass is 9.89. The molecule has 1 unspecified atom stereocenters. The quantitative estimate of drug-likeness (QED) is 0.880. The Bertz CT molecular complexity index is 663. The summed E-state index contributed by atoms with van der Waals surface area (Å²) in [5, 5.41) is 4.17. The van der Waals surface area contributed by atoms with Gasteiger partial charge in [0, 0.05) is 12.7 Å². The summed E-state index contributed by atoms with van der Waals surface area (Å²) in [4.78, 5) is 12.3. The van der Waals surface area contributed by atoms with Gasteiger partial charge < -0.3 is 10.5 Å². The molecule has 1 atom stereocenters. The highest BCUT2D eigenvalue weighted by molar-refractivity contribution is 5.92. The predicted molar refractivity (Wildman–Crippen MR) is 79.8 cm³/mol. The maximum absolute atomic E-state index is 12.3. The lowest BCUT2D eigenvalue weighted by Gasteiger charge is -2.25. The Balaban J connectivity index is 1.81. The van der Waals surface area contributed by atoms with Crippen molar-refractivity contribution in [2.24, 2.45) is 0 Å². The molecule has 0 amide bonds. The summed E-state index contributed by atoms with van der Waals surface area (Å²) in [7, 11) is 0. The van der Waals surface area contributed by atoms with E-state index < -0.39 is 5.97 Å². The number of rotatable bonds is 3. The van der Waals surface area contributed by atoms with E-state index in [9.17, 15) is 4.79 Å². The molecule has 0 aliphatic heterocycles. The first kappa shape index (κ1) is 13.7. The van der Waals surface area contributed by atoms with Gasteiger partial charge in [-0.15, -0.1) is 0 Å². The number of ether oxygens (including phenoxy) is 1. The Morgan fingerprint density at radius 2 is 2.29 bits per heavy atom. The summed E-state index contributed by atoms with van der Waals surface area (Å²) in [6, 6.07) is 8.12. The first-order valence-corrected chi connectivity index (χ1v) is 7.30. The number of aryl methyl sites for hydroxylation is 2. The lowest BCUT2D eigenvalue weighted by molar-refractivity contribution is 0.0250. The Morgan fingerprint density at radius 1 is 1.48 bits per heavy atom. The molecule has 0 radical (unpaired) electrons. The van der Waals surface area contributed by atoms with Gasteiger partial charge in [-0.25, -0.2) is 4.79 Å². The number of aromatic nitrogens is 2. The lowest BCUT2D eigenvalue weighted by Crippen LogP contribution is -2.18. The van der Waals surface area contributed by atoms with Crippen LogP contribution in [0.1, 0.15) is 47.5 Å². The number of anilines is 1. The molecule has 0 spiro atoms. The molecule has 0 saturated heterocycles. The number of nitrogens with zero attached hydrogens (tertiary/aromatic N) is 2. The number of nitrogens with two attached hydrogens (primary N) is 1. The number of hydrogen-bond donors (Lipinski definition) is 1. The van der Waals surface area contributed by atoms with Gasteiger partial charge in [0.25, 0.3) is 0 Å². The largest absolute Gasteiger partial charge is 0.453 e. The maximum Gasteiger partial charge on any atom is 0.361 e. The molecule has 1 aliphatic rings. The smallest absolute Gasteiger partial charge is 0.361 e.